The van der Waals surface area contributed by atoms with Crippen LogP contribution in [0.25, 0.3) is 84.5 Å². The lowest BCUT2D eigenvalue weighted by Gasteiger charge is -2.26. The molecule has 0 radical (unpaired) electrons. The number of fused-ring (bicyclic) bond motifs is 8. The summed E-state index contributed by atoms with van der Waals surface area (Å²) < 4.78 is 5.31. The Morgan fingerprint density at radius 2 is 0.818 bits per heavy atom. The van der Waals surface area contributed by atoms with Crippen molar-refractivity contribution >= 4 is 90.9 Å². The summed E-state index contributed by atoms with van der Waals surface area (Å²) in [5, 5.41) is 7.94. The molecule has 0 amide bonds. The van der Waals surface area contributed by atoms with Gasteiger partial charge in [-0.1, -0.05) is 146 Å². The molecular weight excluding hydrogens is 703 g/mol. The summed E-state index contributed by atoms with van der Waals surface area (Å²) >= 11 is 3.76. The van der Waals surface area contributed by atoms with Gasteiger partial charge in [-0.15, -0.1) is 22.7 Å². The molecule has 0 aliphatic rings. The van der Waals surface area contributed by atoms with Crippen molar-refractivity contribution in [1.29, 1.82) is 0 Å². The molecule has 2 heterocycles. The Kier molecular flexibility index (Phi) is 7.61. The molecule has 0 saturated heterocycles. The lowest BCUT2D eigenvalue weighted by molar-refractivity contribution is 1.28. The Morgan fingerprint density at radius 1 is 0.291 bits per heavy atom. The maximum Gasteiger partial charge on any atom is 0.0462 e. The molecule has 0 fully saturated rings. The van der Waals surface area contributed by atoms with Crippen molar-refractivity contribution in [2.45, 2.75) is 0 Å². The molecule has 11 aromatic rings. The van der Waals surface area contributed by atoms with E-state index in [4.69, 9.17) is 0 Å². The monoisotopic (exact) mass is 735 g/mol. The van der Waals surface area contributed by atoms with Gasteiger partial charge in [-0.2, -0.15) is 0 Å². The first-order valence-corrected chi connectivity index (χ1v) is 20.3. The zero-order valence-electron chi connectivity index (χ0n) is 29.8. The van der Waals surface area contributed by atoms with E-state index in [1.807, 2.05) is 22.7 Å². The summed E-state index contributed by atoms with van der Waals surface area (Å²) in [6.45, 7) is 0. The molecule has 0 atom stereocenters. The highest BCUT2D eigenvalue weighted by Gasteiger charge is 2.17. The van der Waals surface area contributed by atoms with Crippen LogP contribution in [0.5, 0.6) is 0 Å². The van der Waals surface area contributed by atoms with Crippen molar-refractivity contribution in [2.75, 3.05) is 4.90 Å². The van der Waals surface area contributed by atoms with Crippen LogP contribution < -0.4 is 4.90 Å². The van der Waals surface area contributed by atoms with Gasteiger partial charge in [-0.05, 0) is 98.8 Å². The second kappa shape index (κ2) is 13.1. The Hall–Kier alpha value is -6.52. The van der Waals surface area contributed by atoms with Crippen LogP contribution in [0, 0.1) is 0 Å². The molecule has 0 saturated carbocycles. The van der Waals surface area contributed by atoms with Crippen molar-refractivity contribution < 1.29 is 0 Å². The number of hydrogen-bond donors (Lipinski definition) is 0. The molecule has 0 unspecified atom stereocenters. The molecule has 0 aliphatic carbocycles. The van der Waals surface area contributed by atoms with Crippen LogP contribution in [-0.2, 0) is 0 Å². The van der Waals surface area contributed by atoms with Crippen molar-refractivity contribution in [3.05, 3.63) is 200 Å². The summed E-state index contributed by atoms with van der Waals surface area (Å²) in [6, 6.07) is 73.2. The van der Waals surface area contributed by atoms with Crippen molar-refractivity contribution in [3.8, 4) is 33.4 Å². The quantitative estimate of drug-likeness (QED) is 0.164. The third kappa shape index (κ3) is 5.43. The Labute approximate surface area is 327 Å². The highest BCUT2D eigenvalue weighted by Crippen LogP contribution is 2.45. The number of thiophene rings is 2. The van der Waals surface area contributed by atoms with Gasteiger partial charge in [0.2, 0.25) is 0 Å². The summed E-state index contributed by atoms with van der Waals surface area (Å²) in [6.07, 6.45) is 0. The van der Waals surface area contributed by atoms with Gasteiger partial charge in [0.25, 0.3) is 0 Å². The third-order valence-corrected chi connectivity index (χ3v) is 13.2. The molecular formula is C52H33NS2. The highest BCUT2D eigenvalue weighted by atomic mass is 32.1. The number of rotatable bonds is 6. The third-order valence-electron chi connectivity index (χ3n) is 10.9. The van der Waals surface area contributed by atoms with Crippen molar-refractivity contribution in [1.82, 2.24) is 0 Å². The van der Waals surface area contributed by atoms with E-state index in [2.05, 4.69) is 205 Å². The van der Waals surface area contributed by atoms with E-state index < -0.39 is 0 Å². The van der Waals surface area contributed by atoms with Gasteiger partial charge in [0.15, 0.2) is 0 Å². The summed E-state index contributed by atoms with van der Waals surface area (Å²) in [5.74, 6) is 0. The summed E-state index contributed by atoms with van der Waals surface area (Å²) in [4.78, 5) is 2.37. The number of benzene rings is 9. The lowest BCUT2D eigenvalue weighted by Crippen LogP contribution is -2.09. The molecule has 258 valence electrons. The molecule has 3 heteroatoms. The lowest BCUT2D eigenvalue weighted by atomic mass is 9.98. The smallest absolute Gasteiger partial charge is 0.0462 e. The van der Waals surface area contributed by atoms with Crippen LogP contribution in [0.4, 0.5) is 17.1 Å². The second-order valence-corrected chi connectivity index (χ2v) is 16.2. The first-order valence-electron chi connectivity index (χ1n) is 18.7. The Morgan fingerprint density at radius 3 is 1.56 bits per heavy atom. The van der Waals surface area contributed by atoms with Gasteiger partial charge >= 0.3 is 0 Å². The largest absolute Gasteiger partial charge is 0.311 e. The maximum absolute atomic E-state index is 2.37. The van der Waals surface area contributed by atoms with Gasteiger partial charge in [-0.25, -0.2) is 0 Å². The van der Waals surface area contributed by atoms with Gasteiger partial charge in [0.05, 0.1) is 0 Å². The minimum absolute atomic E-state index is 1.12. The van der Waals surface area contributed by atoms with Crippen LogP contribution in [0.1, 0.15) is 0 Å². The second-order valence-electron chi connectivity index (χ2n) is 14.1. The van der Waals surface area contributed by atoms with E-state index in [1.165, 1.54) is 84.5 Å². The van der Waals surface area contributed by atoms with Gasteiger partial charge in [-0.3, -0.25) is 0 Å². The average Bonchev–Trinajstić information content (AvgIpc) is 3.84. The van der Waals surface area contributed by atoms with E-state index in [9.17, 15) is 0 Å². The number of nitrogens with zero attached hydrogens (tertiary/aromatic N) is 1. The topological polar surface area (TPSA) is 3.24 Å². The fourth-order valence-corrected chi connectivity index (χ4v) is 10.7. The molecule has 55 heavy (non-hydrogen) atoms. The molecule has 0 spiro atoms. The maximum atomic E-state index is 2.37. The van der Waals surface area contributed by atoms with E-state index in [0.717, 1.165) is 17.1 Å². The zero-order chi connectivity index (χ0) is 36.3. The minimum Gasteiger partial charge on any atom is -0.311 e. The fraction of sp³-hybridized carbons (Fsp3) is 0. The minimum atomic E-state index is 1.12. The average molecular weight is 736 g/mol. The van der Waals surface area contributed by atoms with Crippen molar-refractivity contribution in [2.24, 2.45) is 0 Å². The summed E-state index contributed by atoms with van der Waals surface area (Å²) in [5.41, 5.74) is 10.7. The van der Waals surface area contributed by atoms with E-state index in [-0.39, 0.29) is 0 Å². The Bertz CT molecular complexity index is 3170. The molecule has 0 N–H and O–H groups in total. The SMILES string of the molecule is c1ccc(-c2ccc(N(c3ccc(-c4cccc5c4sc4ccc6ccccc6c45)cc3)c3ccc(-c4cccc5sc6ccccc6c45)cc3)cc2)cc1. The van der Waals surface area contributed by atoms with Crippen LogP contribution in [0.15, 0.2) is 200 Å². The molecule has 9 aromatic carbocycles. The zero-order valence-corrected chi connectivity index (χ0v) is 31.4. The molecule has 2 aromatic heterocycles. The van der Waals surface area contributed by atoms with Crippen LogP contribution in [0.2, 0.25) is 0 Å². The number of hydrogen-bond acceptors (Lipinski definition) is 3. The van der Waals surface area contributed by atoms with Crippen LogP contribution in [0.3, 0.4) is 0 Å². The normalized spacial score (nSPS) is 11.6. The molecule has 0 aliphatic heterocycles. The molecule has 1 nitrogen and oxygen atoms in total. The van der Waals surface area contributed by atoms with E-state index in [1.54, 1.807) is 0 Å². The van der Waals surface area contributed by atoms with Gasteiger partial charge in [0, 0.05) is 57.4 Å². The predicted octanol–water partition coefficient (Wildman–Crippen LogP) is 16.0. The van der Waals surface area contributed by atoms with E-state index in [0.29, 0.717) is 0 Å². The first kappa shape index (κ1) is 32.0. The predicted molar refractivity (Wildman–Crippen MR) is 241 cm³/mol. The number of anilines is 3. The van der Waals surface area contributed by atoms with Crippen LogP contribution >= 0.6 is 22.7 Å². The van der Waals surface area contributed by atoms with Gasteiger partial charge in [0.1, 0.15) is 0 Å². The first-order chi connectivity index (χ1) is 27.3. The highest BCUT2D eigenvalue weighted by molar-refractivity contribution is 7.26. The standard InChI is InChI=1S/C52H33NS2/c1-2-10-34(11-3-1)35-20-27-39(28-21-35)53(40-29-22-37(23-30-40)43-15-9-19-48-50(43)45-14-6-7-18-47(45)54-48)41-31-24-38(25-32-41)44-16-8-17-46-51-42-13-5-4-12-36(42)26-33-49(51)55-52(44)46/h1-33H. The van der Waals surface area contributed by atoms with Crippen LogP contribution in [-0.4, -0.2) is 0 Å². The molecule has 11 rings (SSSR count). The van der Waals surface area contributed by atoms with Gasteiger partial charge < -0.3 is 4.90 Å². The Balaban J connectivity index is 1.01. The molecule has 0 bridgehead atoms. The van der Waals surface area contributed by atoms with E-state index >= 15 is 0 Å². The fourth-order valence-electron chi connectivity index (χ4n) is 8.27. The van der Waals surface area contributed by atoms with Crippen molar-refractivity contribution in [3.63, 3.8) is 0 Å². The summed E-state index contributed by atoms with van der Waals surface area (Å²) in [7, 11) is 0.